The molecule has 0 saturated carbocycles. The van der Waals surface area contributed by atoms with Crippen LogP contribution in [-0.2, 0) is 4.79 Å². The van der Waals surface area contributed by atoms with Crippen molar-refractivity contribution in [3.05, 3.63) is 45.4 Å². The summed E-state index contributed by atoms with van der Waals surface area (Å²) < 4.78 is 16.9. The zero-order chi connectivity index (χ0) is 18.6. The maximum Gasteiger partial charge on any atom is 0.265 e. The molecular formula is C18H19BrClNO4. The fourth-order valence-corrected chi connectivity index (χ4v) is 2.94. The van der Waals surface area contributed by atoms with Gasteiger partial charge < -0.3 is 19.5 Å². The summed E-state index contributed by atoms with van der Waals surface area (Å²) in [6.07, 6.45) is -0.704. The van der Waals surface area contributed by atoms with Crippen LogP contribution in [0.5, 0.6) is 17.2 Å². The minimum Gasteiger partial charge on any atom is -0.493 e. The van der Waals surface area contributed by atoms with E-state index in [1.165, 1.54) is 0 Å². The summed E-state index contributed by atoms with van der Waals surface area (Å²) in [6, 6.07) is 8.63. The molecule has 1 atom stereocenters. The molecule has 1 amide bonds. The van der Waals surface area contributed by atoms with Gasteiger partial charge in [0.15, 0.2) is 17.6 Å². The molecule has 0 radical (unpaired) electrons. The summed E-state index contributed by atoms with van der Waals surface area (Å²) in [5, 5.41) is 3.43. The molecule has 7 heteroatoms. The van der Waals surface area contributed by atoms with E-state index in [2.05, 4.69) is 21.2 Å². The van der Waals surface area contributed by atoms with Gasteiger partial charge in [-0.15, -0.1) is 0 Å². The van der Waals surface area contributed by atoms with E-state index < -0.39 is 6.10 Å². The number of carbonyl (C=O) groups excluding carboxylic acids is 1. The first-order valence-corrected chi connectivity index (χ1v) is 8.68. The highest BCUT2D eigenvalue weighted by molar-refractivity contribution is 9.10. The lowest BCUT2D eigenvalue weighted by atomic mass is 10.1. The summed E-state index contributed by atoms with van der Waals surface area (Å²) in [6.45, 7) is 3.55. The third-order valence-corrected chi connectivity index (χ3v) is 4.41. The van der Waals surface area contributed by atoms with Crippen molar-refractivity contribution < 1.29 is 19.0 Å². The molecule has 0 aliphatic carbocycles. The first-order chi connectivity index (χ1) is 11.8. The Kier molecular flexibility index (Phi) is 6.56. The number of benzene rings is 2. The Hall–Kier alpha value is -1.92. The average molecular weight is 429 g/mol. The van der Waals surface area contributed by atoms with Crippen molar-refractivity contribution in [2.45, 2.75) is 20.0 Å². The summed E-state index contributed by atoms with van der Waals surface area (Å²) in [7, 11) is 3.11. The smallest absolute Gasteiger partial charge is 0.265 e. The van der Waals surface area contributed by atoms with Crippen LogP contribution in [0.15, 0.2) is 34.8 Å². The van der Waals surface area contributed by atoms with Crippen molar-refractivity contribution in [3.8, 4) is 17.2 Å². The lowest BCUT2D eigenvalue weighted by Crippen LogP contribution is -2.30. The van der Waals surface area contributed by atoms with Crippen LogP contribution in [-0.4, -0.2) is 26.2 Å². The van der Waals surface area contributed by atoms with Crippen molar-refractivity contribution in [1.29, 1.82) is 0 Å². The number of aryl methyl sites for hydroxylation is 1. The SMILES string of the molecule is COc1cc(C)c(NC(=O)[C@@H](C)Oc2ccc(Cl)cc2Br)cc1OC. The lowest BCUT2D eigenvalue weighted by Gasteiger charge is -2.18. The maximum atomic E-state index is 12.5. The van der Waals surface area contributed by atoms with Gasteiger partial charge in [-0.05, 0) is 59.6 Å². The van der Waals surface area contributed by atoms with Gasteiger partial charge in [-0.2, -0.15) is 0 Å². The Balaban J connectivity index is 2.13. The van der Waals surface area contributed by atoms with Crippen molar-refractivity contribution in [2.75, 3.05) is 19.5 Å². The van der Waals surface area contributed by atoms with Crippen molar-refractivity contribution >= 4 is 39.1 Å². The zero-order valence-electron chi connectivity index (χ0n) is 14.4. The standard InChI is InChI=1S/C18H19BrClNO4/c1-10-7-16(23-3)17(24-4)9-14(10)21-18(22)11(2)25-15-6-5-12(20)8-13(15)19/h5-9,11H,1-4H3,(H,21,22)/t11-/m1/s1. The second-order valence-corrected chi connectivity index (χ2v) is 6.64. The Morgan fingerprint density at radius 3 is 2.36 bits per heavy atom. The van der Waals surface area contributed by atoms with E-state index >= 15 is 0 Å². The van der Waals surface area contributed by atoms with Crippen LogP contribution in [0.25, 0.3) is 0 Å². The van der Waals surface area contributed by atoms with Gasteiger partial charge in [-0.1, -0.05) is 11.6 Å². The summed E-state index contributed by atoms with van der Waals surface area (Å²) in [5.74, 6) is 1.40. The van der Waals surface area contributed by atoms with Crippen LogP contribution >= 0.6 is 27.5 Å². The normalized spacial score (nSPS) is 11.6. The van der Waals surface area contributed by atoms with E-state index in [1.807, 2.05) is 6.92 Å². The molecule has 0 saturated heterocycles. The lowest BCUT2D eigenvalue weighted by molar-refractivity contribution is -0.122. The van der Waals surface area contributed by atoms with Crippen molar-refractivity contribution in [3.63, 3.8) is 0 Å². The maximum absolute atomic E-state index is 12.5. The molecule has 0 heterocycles. The summed E-state index contributed by atoms with van der Waals surface area (Å²) in [4.78, 5) is 12.5. The molecule has 0 aromatic heterocycles. The van der Waals surface area contributed by atoms with Crippen molar-refractivity contribution in [1.82, 2.24) is 0 Å². The van der Waals surface area contributed by atoms with Crippen LogP contribution in [0, 0.1) is 6.92 Å². The predicted octanol–water partition coefficient (Wildman–Crippen LogP) is 4.83. The summed E-state index contributed by atoms with van der Waals surface area (Å²) in [5.41, 5.74) is 1.49. The average Bonchev–Trinajstić information content (AvgIpc) is 2.58. The molecule has 1 N–H and O–H groups in total. The highest BCUT2D eigenvalue weighted by Crippen LogP contribution is 2.33. The topological polar surface area (TPSA) is 56.8 Å². The molecule has 134 valence electrons. The van der Waals surface area contributed by atoms with Crippen LogP contribution in [0.1, 0.15) is 12.5 Å². The first kappa shape index (κ1) is 19.4. The van der Waals surface area contributed by atoms with E-state index in [-0.39, 0.29) is 5.91 Å². The predicted molar refractivity (Wildman–Crippen MR) is 102 cm³/mol. The number of halogens is 2. The van der Waals surface area contributed by atoms with E-state index in [9.17, 15) is 4.79 Å². The monoisotopic (exact) mass is 427 g/mol. The number of ether oxygens (including phenoxy) is 3. The van der Waals surface area contributed by atoms with Gasteiger partial charge >= 0.3 is 0 Å². The Morgan fingerprint density at radius 1 is 1.12 bits per heavy atom. The quantitative estimate of drug-likeness (QED) is 0.716. The molecule has 0 aliphatic heterocycles. The number of methoxy groups -OCH3 is 2. The van der Waals surface area contributed by atoms with Crippen molar-refractivity contribution in [2.24, 2.45) is 0 Å². The molecule has 2 rings (SSSR count). The fraction of sp³-hybridized carbons (Fsp3) is 0.278. The molecule has 0 fully saturated rings. The molecule has 2 aromatic carbocycles. The van der Waals surface area contributed by atoms with E-state index in [0.717, 1.165) is 5.56 Å². The Labute approximate surface area is 160 Å². The van der Waals surface area contributed by atoms with Crippen LogP contribution < -0.4 is 19.5 Å². The Morgan fingerprint density at radius 2 is 1.76 bits per heavy atom. The van der Waals surface area contributed by atoms with Gasteiger partial charge in [-0.25, -0.2) is 0 Å². The van der Waals surface area contributed by atoms with Gasteiger partial charge in [-0.3, -0.25) is 4.79 Å². The minimum atomic E-state index is -0.704. The molecule has 0 aliphatic rings. The zero-order valence-corrected chi connectivity index (χ0v) is 16.7. The molecule has 25 heavy (non-hydrogen) atoms. The number of anilines is 1. The molecule has 0 bridgehead atoms. The molecule has 5 nitrogen and oxygen atoms in total. The number of carbonyl (C=O) groups is 1. The number of nitrogens with one attached hydrogen (secondary N) is 1. The van der Waals surface area contributed by atoms with E-state index in [1.54, 1.807) is 51.5 Å². The highest BCUT2D eigenvalue weighted by Gasteiger charge is 2.18. The van der Waals surface area contributed by atoms with Gasteiger partial charge in [0.05, 0.1) is 18.7 Å². The second kappa shape index (κ2) is 8.45. The third kappa shape index (κ3) is 4.80. The molecule has 0 unspecified atom stereocenters. The van der Waals surface area contributed by atoms with Gasteiger partial charge in [0.1, 0.15) is 5.75 Å². The number of hydrogen-bond acceptors (Lipinski definition) is 4. The fourth-order valence-electron chi connectivity index (χ4n) is 2.16. The second-order valence-electron chi connectivity index (χ2n) is 5.35. The Bertz CT molecular complexity index is 782. The minimum absolute atomic E-state index is 0.280. The van der Waals surface area contributed by atoms with Crippen LogP contribution in [0.3, 0.4) is 0 Å². The first-order valence-electron chi connectivity index (χ1n) is 7.51. The highest BCUT2D eigenvalue weighted by atomic mass is 79.9. The largest absolute Gasteiger partial charge is 0.493 e. The molecular weight excluding hydrogens is 410 g/mol. The van der Waals surface area contributed by atoms with Gasteiger partial charge in [0, 0.05) is 16.8 Å². The molecule has 2 aromatic rings. The molecule has 0 spiro atoms. The van der Waals surface area contributed by atoms with Gasteiger partial charge in [0.25, 0.3) is 5.91 Å². The number of hydrogen-bond donors (Lipinski definition) is 1. The van der Waals surface area contributed by atoms with Crippen LogP contribution in [0.2, 0.25) is 5.02 Å². The van der Waals surface area contributed by atoms with Crippen LogP contribution in [0.4, 0.5) is 5.69 Å². The number of amides is 1. The summed E-state index contributed by atoms with van der Waals surface area (Å²) >= 11 is 9.27. The third-order valence-electron chi connectivity index (χ3n) is 3.56. The number of rotatable bonds is 6. The van der Waals surface area contributed by atoms with Gasteiger partial charge in [0.2, 0.25) is 0 Å². The van der Waals surface area contributed by atoms with E-state index in [0.29, 0.717) is 32.4 Å². The van der Waals surface area contributed by atoms with E-state index in [4.69, 9.17) is 25.8 Å².